The van der Waals surface area contributed by atoms with Crippen LogP contribution in [0.2, 0.25) is 0 Å². The molecular formula is C17H28N4O2. The van der Waals surface area contributed by atoms with E-state index < -0.39 is 0 Å². The summed E-state index contributed by atoms with van der Waals surface area (Å²) in [7, 11) is 5.47. The zero-order valence-electron chi connectivity index (χ0n) is 14.9. The number of aryl methyl sites for hydroxylation is 2. The van der Waals surface area contributed by atoms with Gasteiger partial charge in [0, 0.05) is 45.5 Å². The number of carbonyl (C=O) groups excluding carboxylic acids is 2. The molecular weight excluding hydrogens is 292 g/mol. The minimum Gasteiger partial charge on any atom is -0.349 e. The highest BCUT2D eigenvalue weighted by Crippen LogP contribution is 2.21. The van der Waals surface area contributed by atoms with Crippen LogP contribution in [0.5, 0.6) is 0 Å². The maximum atomic E-state index is 12.7. The molecule has 6 heteroatoms. The summed E-state index contributed by atoms with van der Waals surface area (Å²) in [6, 6.07) is 0. The van der Waals surface area contributed by atoms with Gasteiger partial charge in [0.05, 0.1) is 18.0 Å². The molecule has 2 amide bonds. The van der Waals surface area contributed by atoms with E-state index in [1.54, 1.807) is 19.0 Å². The van der Waals surface area contributed by atoms with E-state index in [0.717, 1.165) is 36.2 Å². The quantitative estimate of drug-likeness (QED) is 0.814. The maximum absolute atomic E-state index is 12.7. The van der Waals surface area contributed by atoms with Gasteiger partial charge in [0.15, 0.2) is 0 Å². The fourth-order valence-corrected chi connectivity index (χ4v) is 3.41. The third kappa shape index (κ3) is 3.57. The van der Waals surface area contributed by atoms with Gasteiger partial charge in [-0.15, -0.1) is 0 Å². The molecule has 0 spiro atoms. The van der Waals surface area contributed by atoms with E-state index >= 15 is 0 Å². The Bertz CT molecular complexity index is 592. The summed E-state index contributed by atoms with van der Waals surface area (Å²) in [5.74, 6) is 0.167. The number of likely N-dealkylation sites (tertiary alicyclic amines) is 1. The SMILES string of the molecule is CCc1nn(C)c(CC)c1CC(=O)N1CCC(C(=O)N(C)C)C1. The normalized spacial score (nSPS) is 17.6. The summed E-state index contributed by atoms with van der Waals surface area (Å²) in [4.78, 5) is 28.2. The van der Waals surface area contributed by atoms with Crippen LogP contribution in [0, 0.1) is 5.92 Å². The predicted molar refractivity (Wildman–Crippen MR) is 89.0 cm³/mol. The molecule has 6 nitrogen and oxygen atoms in total. The lowest BCUT2D eigenvalue weighted by Crippen LogP contribution is -2.34. The Balaban J connectivity index is 2.08. The molecule has 128 valence electrons. The second-order valence-electron chi connectivity index (χ2n) is 6.44. The smallest absolute Gasteiger partial charge is 0.227 e. The van der Waals surface area contributed by atoms with Crippen molar-refractivity contribution in [3.8, 4) is 0 Å². The van der Waals surface area contributed by atoms with E-state index in [1.807, 2.05) is 16.6 Å². The van der Waals surface area contributed by atoms with Crippen LogP contribution in [0.4, 0.5) is 0 Å². The Morgan fingerprint density at radius 2 is 1.96 bits per heavy atom. The highest BCUT2D eigenvalue weighted by molar-refractivity contribution is 5.83. The average Bonchev–Trinajstić information content (AvgIpc) is 3.11. The first kappa shape index (κ1) is 17.5. The van der Waals surface area contributed by atoms with Crippen molar-refractivity contribution in [3.63, 3.8) is 0 Å². The number of carbonyl (C=O) groups is 2. The van der Waals surface area contributed by atoms with E-state index in [-0.39, 0.29) is 17.7 Å². The van der Waals surface area contributed by atoms with Crippen LogP contribution in [-0.4, -0.2) is 58.6 Å². The lowest BCUT2D eigenvalue weighted by Gasteiger charge is -2.18. The number of amides is 2. The van der Waals surface area contributed by atoms with E-state index in [1.165, 1.54) is 0 Å². The fourth-order valence-electron chi connectivity index (χ4n) is 3.41. The molecule has 1 aromatic rings. The standard InChI is InChI=1S/C17H28N4O2/c1-6-14-13(15(7-2)20(5)18-14)10-16(22)21-9-8-12(11-21)17(23)19(3)4/h12H,6-11H2,1-5H3. The molecule has 0 N–H and O–H groups in total. The molecule has 1 aliphatic rings. The van der Waals surface area contributed by atoms with Gasteiger partial charge < -0.3 is 9.80 Å². The van der Waals surface area contributed by atoms with Crippen molar-refractivity contribution in [2.75, 3.05) is 27.2 Å². The molecule has 0 aliphatic carbocycles. The minimum atomic E-state index is -0.0564. The molecule has 2 rings (SSSR count). The predicted octanol–water partition coefficient (Wildman–Crippen LogP) is 1.02. The van der Waals surface area contributed by atoms with Gasteiger partial charge in [0.25, 0.3) is 0 Å². The third-order valence-electron chi connectivity index (χ3n) is 4.69. The van der Waals surface area contributed by atoms with Gasteiger partial charge in [-0.3, -0.25) is 14.3 Å². The highest BCUT2D eigenvalue weighted by Gasteiger charge is 2.32. The second kappa shape index (κ2) is 7.15. The third-order valence-corrected chi connectivity index (χ3v) is 4.69. The van der Waals surface area contributed by atoms with E-state index in [0.29, 0.717) is 19.5 Å². The van der Waals surface area contributed by atoms with Crippen molar-refractivity contribution < 1.29 is 9.59 Å². The van der Waals surface area contributed by atoms with Gasteiger partial charge in [-0.1, -0.05) is 13.8 Å². The molecule has 1 saturated heterocycles. The number of hydrogen-bond donors (Lipinski definition) is 0. The summed E-state index contributed by atoms with van der Waals surface area (Å²) in [5.41, 5.74) is 3.22. The van der Waals surface area contributed by atoms with Crippen LogP contribution in [-0.2, 0) is 35.9 Å². The van der Waals surface area contributed by atoms with Crippen molar-refractivity contribution in [1.29, 1.82) is 0 Å². The van der Waals surface area contributed by atoms with Crippen LogP contribution in [0.3, 0.4) is 0 Å². The molecule has 1 unspecified atom stereocenters. The first-order valence-electron chi connectivity index (χ1n) is 8.41. The van der Waals surface area contributed by atoms with Gasteiger partial charge in [-0.2, -0.15) is 5.10 Å². The fraction of sp³-hybridized carbons (Fsp3) is 0.706. The lowest BCUT2D eigenvalue weighted by molar-refractivity contribution is -0.133. The van der Waals surface area contributed by atoms with Crippen LogP contribution in [0.25, 0.3) is 0 Å². The minimum absolute atomic E-state index is 0.0564. The molecule has 23 heavy (non-hydrogen) atoms. The Morgan fingerprint density at radius 1 is 1.26 bits per heavy atom. The Kier molecular flexibility index (Phi) is 5.44. The van der Waals surface area contributed by atoms with Crippen LogP contribution < -0.4 is 0 Å². The van der Waals surface area contributed by atoms with Gasteiger partial charge in [-0.05, 0) is 19.3 Å². The zero-order chi connectivity index (χ0) is 17.1. The van der Waals surface area contributed by atoms with Crippen molar-refractivity contribution in [2.45, 2.75) is 39.5 Å². The topological polar surface area (TPSA) is 58.4 Å². The van der Waals surface area contributed by atoms with Gasteiger partial charge >= 0.3 is 0 Å². The van der Waals surface area contributed by atoms with E-state index in [4.69, 9.17) is 0 Å². The Hall–Kier alpha value is -1.85. The van der Waals surface area contributed by atoms with Crippen molar-refractivity contribution in [3.05, 3.63) is 17.0 Å². The summed E-state index contributed by atoms with van der Waals surface area (Å²) in [6.45, 7) is 5.37. The average molecular weight is 320 g/mol. The molecule has 1 aromatic heterocycles. The largest absolute Gasteiger partial charge is 0.349 e. The molecule has 0 bridgehead atoms. The summed E-state index contributed by atoms with van der Waals surface area (Å²) in [5, 5.41) is 4.53. The number of hydrogen-bond acceptors (Lipinski definition) is 3. The molecule has 1 atom stereocenters. The molecule has 1 fully saturated rings. The summed E-state index contributed by atoms with van der Waals surface area (Å²) in [6.07, 6.45) is 2.85. The Morgan fingerprint density at radius 3 is 2.52 bits per heavy atom. The second-order valence-corrected chi connectivity index (χ2v) is 6.44. The van der Waals surface area contributed by atoms with Crippen molar-refractivity contribution in [1.82, 2.24) is 19.6 Å². The summed E-state index contributed by atoms with van der Waals surface area (Å²) >= 11 is 0. The van der Waals surface area contributed by atoms with Crippen molar-refractivity contribution in [2.24, 2.45) is 13.0 Å². The monoisotopic (exact) mass is 320 g/mol. The molecule has 0 aromatic carbocycles. The van der Waals surface area contributed by atoms with Crippen LogP contribution >= 0.6 is 0 Å². The van der Waals surface area contributed by atoms with Gasteiger partial charge in [-0.25, -0.2) is 0 Å². The molecule has 0 radical (unpaired) electrons. The van der Waals surface area contributed by atoms with Crippen molar-refractivity contribution >= 4 is 11.8 Å². The van der Waals surface area contributed by atoms with Gasteiger partial charge in [0.2, 0.25) is 11.8 Å². The van der Waals surface area contributed by atoms with E-state index in [9.17, 15) is 9.59 Å². The number of nitrogens with zero attached hydrogens (tertiary/aromatic N) is 4. The Labute approximate surface area is 138 Å². The molecule has 2 heterocycles. The highest BCUT2D eigenvalue weighted by atomic mass is 16.2. The van der Waals surface area contributed by atoms with E-state index in [2.05, 4.69) is 18.9 Å². The summed E-state index contributed by atoms with van der Waals surface area (Å²) < 4.78 is 1.89. The van der Waals surface area contributed by atoms with Crippen LogP contribution in [0.1, 0.15) is 37.2 Å². The lowest BCUT2D eigenvalue weighted by atomic mass is 10.1. The first-order valence-corrected chi connectivity index (χ1v) is 8.41. The number of rotatable bonds is 5. The van der Waals surface area contributed by atoms with Gasteiger partial charge in [0.1, 0.15) is 0 Å². The molecule has 1 aliphatic heterocycles. The number of aromatic nitrogens is 2. The maximum Gasteiger partial charge on any atom is 0.227 e. The van der Waals surface area contributed by atoms with Crippen LogP contribution in [0.15, 0.2) is 0 Å². The first-order chi connectivity index (χ1) is 10.9. The molecule has 0 saturated carbocycles. The zero-order valence-corrected chi connectivity index (χ0v) is 14.9.